The Balaban J connectivity index is 1.92. The molecule has 0 aliphatic heterocycles. The quantitative estimate of drug-likeness (QED) is 0.454. The number of methoxy groups -OCH3 is 1. The highest BCUT2D eigenvalue weighted by Gasteiger charge is 2.22. The molecule has 0 aliphatic rings. The van der Waals surface area contributed by atoms with Crippen LogP contribution in [0.3, 0.4) is 0 Å². The van der Waals surface area contributed by atoms with E-state index in [-0.39, 0.29) is 22.4 Å². The first kappa shape index (κ1) is 23.6. The number of nitrogens with zero attached hydrogens (tertiary/aromatic N) is 2. The number of hydrogen-bond acceptors (Lipinski definition) is 5. The molecule has 2 aromatic carbocycles. The molecule has 0 spiro atoms. The van der Waals surface area contributed by atoms with Gasteiger partial charge in [0.2, 0.25) is 10.0 Å². The van der Waals surface area contributed by atoms with Gasteiger partial charge in [0.25, 0.3) is 5.91 Å². The molecule has 0 atom stereocenters. The van der Waals surface area contributed by atoms with Gasteiger partial charge in [0.15, 0.2) is 0 Å². The molecule has 1 amide bonds. The molecule has 3 aromatic rings. The molecule has 168 valence electrons. The summed E-state index contributed by atoms with van der Waals surface area (Å²) in [6.07, 6.45) is 2.91. The smallest absolute Gasteiger partial charge is 0.251 e. The third-order valence-corrected chi connectivity index (χ3v) is 7.36. The molecule has 0 saturated carbocycles. The molecule has 0 fully saturated rings. The van der Waals surface area contributed by atoms with Crippen LogP contribution in [-0.2, 0) is 21.4 Å². The van der Waals surface area contributed by atoms with Crippen molar-refractivity contribution in [1.82, 2.24) is 4.31 Å². The Morgan fingerprint density at radius 1 is 1.12 bits per heavy atom. The summed E-state index contributed by atoms with van der Waals surface area (Å²) in [7, 11) is 0.537. The Labute approximate surface area is 191 Å². The van der Waals surface area contributed by atoms with Gasteiger partial charge >= 0.3 is 0 Å². The number of ether oxygens (including phenoxy) is 1. The van der Waals surface area contributed by atoms with E-state index in [0.717, 1.165) is 9.18 Å². The fourth-order valence-corrected chi connectivity index (χ4v) is 4.71. The Bertz CT molecular complexity index is 1210. The molecule has 0 bridgehead atoms. The van der Waals surface area contributed by atoms with E-state index in [2.05, 4.69) is 0 Å². The van der Waals surface area contributed by atoms with Gasteiger partial charge in [-0.1, -0.05) is 12.1 Å². The van der Waals surface area contributed by atoms with Crippen molar-refractivity contribution in [2.24, 2.45) is 0 Å². The van der Waals surface area contributed by atoms with E-state index in [1.165, 1.54) is 61.7 Å². The summed E-state index contributed by atoms with van der Waals surface area (Å²) in [5.74, 6) is -0.494. The summed E-state index contributed by atoms with van der Waals surface area (Å²) in [6.45, 7) is 0.329. The number of rotatable bonds is 8. The van der Waals surface area contributed by atoms with E-state index >= 15 is 0 Å². The molecule has 1 aromatic heterocycles. The Morgan fingerprint density at radius 3 is 2.44 bits per heavy atom. The average Bonchev–Trinajstić information content (AvgIpc) is 3.29. The van der Waals surface area contributed by atoms with Crippen molar-refractivity contribution in [2.45, 2.75) is 11.4 Å². The van der Waals surface area contributed by atoms with Crippen molar-refractivity contribution < 1.29 is 22.3 Å². The first-order valence-corrected chi connectivity index (χ1v) is 11.9. The highest BCUT2D eigenvalue weighted by molar-refractivity contribution is 7.89. The zero-order chi connectivity index (χ0) is 23.3. The summed E-state index contributed by atoms with van der Waals surface area (Å²) >= 11 is 1.52. The number of benzene rings is 2. The average molecular weight is 475 g/mol. The van der Waals surface area contributed by atoms with Crippen molar-refractivity contribution >= 4 is 39.0 Å². The minimum absolute atomic E-state index is 0.00794. The van der Waals surface area contributed by atoms with Crippen LogP contribution in [0.1, 0.15) is 10.4 Å². The maximum atomic E-state index is 13.4. The summed E-state index contributed by atoms with van der Waals surface area (Å²) in [4.78, 5) is 15.6. The first-order chi connectivity index (χ1) is 15.2. The molecule has 32 heavy (non-hydrogen) atoms. The second-order valence-corrected chi connectivity index (χ2v) is 10.2. The van der Waals surface area contributed by atoms with Gasteiger partial charge in [-0.2, -0.15) is 0 Å². The molecule has 6 nitrogen and oxygen atoms in total. The van der Waals surface area contributed by atoms with Crippen LogP contribution in [0, 0.1) is 5.82 Å². The van der Waals surface area contributed by atoms with Crippen molar-refractivity contribution in [3.05, 3.63) is 82.3 Å². The van der Waals surface area contributed by atoms with E-state index in [1.54, 1.807) is 30.3 Å². The summed E-state index contributed by atoms with van der Waals surface area (Å²) in [6, 6.07) is 14.2. The minimum Gasteiger partial charge on any atom is -0.495 e. The lowest BCUT2D eigenvalue weighted by atomic mass is 10.2. The second kappa shape index (κ2) is 10.1. The van der Waals surface area contributed by atoms with Crippen LogP contribution in [0.2, 0.25) is 0 Å². The van der Waals surface area contributed by atoms with Crippen molar-refractivity contribution in [3.8, 4) is 5.75 Å². The van der Waals surface area contributed by atoms with Gasteiger partial charge in [-0.05, 0) is 59.5 Å². The van der Waals surface area contributed by atoms with Gasteiger partial charge in [-0.3, -0.25) is 4.79 Å². The lowest BCUT2D eigenvalue weighted by Crippen LogP contribution is -2.28. The van der Waals surface area contributed by atoms with Crippen LogP contribution < -0.4 is 9.64 Å². The largest absolute Gasteiger partial charge is 0.495 e. The number of carbonyl (C=O) groups excluding carboxylic acids is 1. The van der Waals surface area contributed by atoms with Gasteiger partial charge < -0.3 is 9.64 Å². The Morgan fingerprint density at radius 2 is 1.84 bits per heavy atom. The second-order valence-electron chi connectivity index (χ2n) is 7.01. The zero-order valence-electron chi connectivity index (χ0n) is 17.9. The standard InChI is InChI=1S/C23H23FN2O4S2/c1-25(2)32(28,29)22-15-17(6-12-21(22)30-3)7-13-23(27)26(16-20-5-4-14-31-20)19-10-8-18(24)9-11-19/h4-15H,16H2,1-3H3/b13-7+. The lowest BCUT2D eigenvalue weighted by Gasteiger charge is -2.21. The van der Waals surface area contributed by atoms with Gasteiger partial charge in [0.05, 0.1) is 13.7 Å². The molecule has 1 heterocycles. The number of thiophene rings is 1. The Kier molecular flexibility index (Phi) is 7.44. The highest BCUT2D eigenvalue weighted by Crippen LogP contribution is 2.27. The molecule has 9 heteroatoms. The minimum atomic E-state index is -3.73. The molecular weight excluding hydrogens is 451 g/mol. The van der Waals surface area contributed by atoms with Crippen LogP contribution in [-0.4, -0.2) is 39.8 Å². The number of hydrogen-bond donors (Lipinski definition) is 0. The summed E-state index contributed by atoms with van der Waals surface area (Å²) in [5.41, 5.74) is 1.08. The molecule has 0 N–H and O–H groups in total. The number of sulfonamides is 1. The number of carbonyl (C=O) groups is 1. The van der Waals surface area contributed by atoms with Crippen LogP contribution in [0.25, 0.3) is 6.08 Å². The molecule has 3 rings (SSSR count). The third kappa shape index (κ3) is 5.42. The molecular formula is C23H23FN2O4S2. The van der Waals surface area contributed by atoms with Gasteiger partial charge in [-0.15, -0.1) is 11.3 Å². The number of amides is 1. The Hall–Kier alpha value is -3.01. The normalized spacial score (nSPS) is 11.8. The monoisotopic (exact) mass is 474 g/mol. The van der Waals surface area contributed by atoms with E-state index in [4.69, 9.17) is 4.74 Å². The van der Waals surface area contributed by atoms with E-state index in [0.29, 0.717) is 17.8 Å². The van der Waals surface area contributed by atoms with E-state index < -0.39 is 10.0 Å². The predicted molar refractivity (Wildman–Crippen MR) is 125 cm³/mol. The number of anilines is 1. The van der Waals surface area contributed by atoms with Crippen LogP contribution >= 0.6 is 11.3 Å². The topological polar surface area (TPSA) is 66.9 Å². The van der Waals surface area contributed by atoms with Gasteiger partial charge in [0, 0.05) is 30.7 Å². The van der Waals surface area contributed by atoms with Crippen LogP contribution in [0.5, 0.6) is 5.75 Å². The SMILES string of the molecule is COc1ccc(/C=C/C(=O)N(Cc2cccs2)c2ccc(F)cc2)cc1S(=O)(=O)N(C)C. The van der Waals surface area contributed by atoms with Crippen molar-refractivity contribution in [2.75, 3.05) is 26.1 Å². The maximum absolute atomic E-state index is 13.4. The van der Waals surface area contributed by atoms with Crippen LogP contribution in [0.4, 0.5) is 10.1 Å². The van der Waals surface area contributed by atoms with Crippen molar-refractivity contribution in [1.29, 1.82) is 0 Å². The fourth-order valence-electron chi connectivity index (χ4n) is 2.93. The van der Waals surface area contributed by atoms with E-state index in [1.807, 2.05) is 17.5 Å². The lowest BCUT2D eigenvalue weighted by molar-refractivity contribution is -0.114. The first-order valence-electron chi connectivity index (χ1n) is 9.60. The number of halogens is 1. The summed E-state index contributed by atoms with van der Waals surface area (Å²) < 4.78 is 44.9. The summed E-state index contributed by atoms with van der Waals surface area (Å²) in [5, 5.41) is 1.92. The van der Waals surface area contributed by atoms with Crippen LogP contribution in [0.15, 0.2) is 70.9 Å². The highest BCUT2D eigenvalue weighted by atomic mass is 32.2. The maximum Gasteiger partial charge on any atom is 0.251 e. The van der Waals surface area contributed by atoms with Gasteiger partial charge in [-0.25, -0.2) is 17.1 Å². The zero-order valence-corrected chi connectivity index (χ0v) is 19.5. The van der Waals surface area contributed by atoms with Gasteiger partial charge in [0.1, 0.15) is 16.5 Å². The molecule has 0 radical (unpaired) electrons. The molecule has 0 aliphatic carbocycles. The van der Waals surface area contributed by atoms with E-state index in [9.17, 15) is 17.6 Å². The van der Waals surface area contributed by atoms with Crippen molar-refractivity contribution in [3.63, 3.8) is 0 Å². The third-order valence-electron chi connectivity index (χ3n) is 4.66. The predicted octanol–water partition coefficient (Wildman–Crippen LogP) is 4.39. The fraction of sp³-hybridized carbons (Fsp3) is 0.174. The molecule has 0 saturated heterocycles. The molecule has 0 unspecified atom stereocenters.